The first-order chi connectivity index (χ1) is 1.73. The van der Waals surface area contributed by atoms with Crippen molar-refractivity contribution < 1.29 is 0 Å². The molecule has 0 aromatic carbocycles. The van der Waals surface area contributed by atoms with Crippen LogP contribution in [0.1, 0.15) is 0 Å². The molecular weight excluding hydrogens is 72.1 g/mol. The van der Waals surface area contributed by atoms with Gasteiger partial charge in [0.05, 0.1) is 0 Å². The van der Waals surface area contributed by atoms with Crippen LogP contribution in [0.3, 0.4) is 0 Å². The Morgan fingerprint density at radius 1 is 2.00 bits per heavy atom. The summed E-state index contributed by atoms with van der Waals surface area (Å²) in [5, 5.41) is 5.84. The highest BCUT2D eigenvalue weighted by molar-refractivity contribution is 7.96. The topological polar surface area (TPSA) is 49.9 Å². The Labute approximate surface area is 29.9 Å². The molecule has 0 aliphatic carbocycles. The molecule has 0 amide bonds. The molecule has 0 aliphatic rings. The van der Waals surface area contributed by atoms with Gasteiger partial charge in [0.1, 0.15) is 0 Å². The first-order valence-corrected chi connectivity index (χ1v) is 1.15. The van der Waals surface area contributed by atoms with Crippen LogP contribution in [0.15, 0.2) is 0 Å². The van der Waals surface area contributed by atoms with Crippen LogP contribution in [0.5, 0.6) is 0 Å². The first kappa shape index (κ1) is 3.69. The Morgan fingerprint density at radius 3 is 2.00 bits per heavy atom. The van der Waals surface area contributed by atoms with E-state index in [1.165, 1.54) is 0 Å². The van der Waals surface area contributed by atoms with E-state index in [4.69, 9.17) is 5.41 Å². The van der Waals surface area contributed by atoms with Gasteiger partial charge in [0, 0.05) is 0 Å². The van der Waals surface area contributed by atoms with Gasteiger partial charge in [-0.15, -0.1) is 0 Å². The van der Waals surface area contributed by atoms with Gasteiger partial charge >= 0.3 is 0 Å². The molecule has 0 fully saturated rings. The van der Waals surface area contributed by atoms with E-state index in [9.17, 15) is 0 Å². The summed E-state index contributed by atoms with van der Waals surface area (Å²) in [6.45, 7) is 0. The zero-order valence-electron chi connectivity index (χ0n) is 1.99. The average Bonchev–Trinajstić information content (AvgIpc) is 0.811. The lowest BCUT2D eigenvalue weighted by Gasteiger charge is -1.62. The SMILES string of the molecule is N=C(N)[S]. The van der Waals surface area contributed by atoms with Gasteiger partial charge in [0.2, 0.25) is 0 Å². The highest BCUT2D eigenvalue weighted by Crippen LogP contribution is 1.56. The largest absolute Gasteiger partial charge is 0.375 e. The molecule has 0 aromatic heterocycles. The van der Waals surface area contributed by atoms with E-state index in [2.05, 4.69) is 18.4 Å². The minimum atomic E-state index is -0.250. The highest BCUT2D eigenvalue weighted by atomic mass is 32.1. The second-order valence-electron chi connectivity index (χ2n) is 0.364. The van der Waals surface area contributed by atoms with Gasteiger partial charge in [-0.3, -0.25) is 5.41 Å². The first-order valence-electron chi connectivity index (χ1n) is 0.743. The second-order valence-corrected chi connectivity index (χ2v) is 0.804. The summed E-state index contributed by atoms with van der Waals surface area (Å²) in [6, 6.07) is 0. The number of hydrogen-bond donors (Lipinski definition) is 2. The summed E-state index contributed by atoms with van der Waals surface area (Å²) < 4.78 is 0. The van der Waals surface area contributed by atoms with Crippen molar-refractivity contribution in [3.63, 3.8) is 0 Å². The molecule has 2 nitrogen and oxygen atoms in total. The van der Waals surface area contributed by atoms with Gasteiger partial charge in [0.25, 0.3) is 0 Å². The fraction of sp³-hybridized carbons (Fsp3) is 0. The number of rotatable bonds is 0. The molecule has 0 bridgehead atoms. The molecule has 0 aromatic rings. The number of amidine groups is 1. The van der Waals surface area contributed by atoms with Crippen LogP contribution < -0.4 is 5.73 Å². The molecule has 3 heteroatoms. The zero-order valence-corrected chi connectivity index (χ0v) is 2.80. The Balaban J connectivity index is 2.80. The quantitative estimate of drug-likeness (QED) is 0.311. The van der Waals surface area contributed by atoms with Crippen molar-refractivity contribution in [2.75, 3.05) is 0 Å². The molecular formula is CH3N2S. The minimum Gasteiger partial charge on any atom is -0.375 e. The maximum Gasteiger partial charge on any atom is 0.182 e. The summed E-state index contributed by atoms with van der Waals surface area (Å²) in [6.07, 6.45) is 0. The number of nitrogens with two attached hydrogens (primary N) is 1. The van der Waals surface area contributed by atoms with Crippen LogP contribution in [0.4, 0.5) is 0 Å². The normalized spacial score (nSPS) is 6.00. The molecule has 0 unspecified atom stereocenters. The van der Waals surface area contributed by atoms with Crippen molar-refractivity contribution in [3.05, 3.63) is 0 Å². The molecule has 1 radical (unpaired) electrons. The van der Waals surface area contributed by atoms with E-state index in [0.717, 1.165) is 0 Å². The second kappa shape index (κ2) is 1.06. The van der Waals surface area contributed by atoms with E-state index in [1.807, 2.05) is 0 Å². The summed E-state index contributed by atoms with van der Waals surface area (Å²) in [5.74, 6) is 0. The van der Waals surface area contributed by atoms with Crippen LogP contribution in [0.25, 0.3) is 0 Å². The standard InChI is InChI=1S/CH3N2S/c2-1(3)4/h(H3,2,3). The lowest BCUT2D eigenvalue weighted by Crippen LogP contribution is -1.96. The Hall–Kier alpha value is -0.310. The highest BCUT2D eigenvalue weighted by Gasteiger charge is 1.58. The minimum absolute atomic E-state index is 0.250. The lowest BCUT2D eigenvalue weighted by atomic mass is 11.4. The number of hydrogen-bond acceptors (Lipinski definition) is 1. The monoisotopic (exact) mass is 75.0 g/mol. The van der Waals surface area contributed by atoms with Gasteiger partial charge in [-0.05, 0) is 12.6 Å². The van der Waals surface area contributed by atoms with Gasteiger partial charge < -0.3 is 5.73 Å². The summed E-state index contributed by atoms with van der Waals surface area (Å²) in [5.41, 5.74) is 4.51. The molecule has 0 heterocycles. The van der Waals surface area contributed by atoms with Gasteiger partial charge in [0.15, 0.2) is 5.17 Å². The van der Waals surface area contributed by atoms with Crippen LogP contribution in [-0.2, 0) is 0 Å². The summed E-state index contributed by atoms with van der Waals surface area (Å²) >= 11 is 3.98. The van der Waals surface area contributed by atoms with E-state index in [0.29, 0.717) is 0 Å². The predicted molar refractivity (Wildman–Crippen MR) is 19.5 cm³/mol. The molecule has 0 atom stereocenters. The van der Waals surface area contributed by atoms with Crippen molar-refractivity contribution in [1.82, 2.24) is 0 Å². The molecule has 0 rings (SSSR count). The van der Waals surface area contributed by atoms with E-state index in [-0.39, 0.29) is 5.17 Å². The van der Waals surface area contributed by atoms with Crippen LogP contribution in [0.2, 0.25) is 0 Å². The van der Waals surface area contributed by atoms with E-state index >= 15 is 0 Å². The third-order valence-corrected chi connectivity index (χ3v) is 0. The molecule has 23 valence electrons. The smallest absolute Gasteiger partial charge is 0.182 e. The Morgan fingerprint density at radius 2 is 2.00 bits per heavy atom. The third-order valence-electron chi connectivity index (χ3n) is 0. The van der Waals surface area contributed by atoms with Crippen molar-refractivity contribution in [3.8, 4) is 0 Å². The fourth-order valence-electron chi connectivity index (χ4n) is 0. The molecule has 0 aliphatic heterocycles. The summed E-state index contributed by atoms with van der Waals surface area (Å²) in [7, 11) is 0. The van der Waals surface area contributed by atoms with Crippen LogP contribution >= 0.6 is 12.6 Å². The molecule has 0 saturated heterocycles. The Bertz CT molecular complexity index is 29.0. The molecule has 4 heavy (non-hydrogen) atoms. The maximum absolute atomic E-state index is 6.09. The fourth-order valence-corrected chi connectivity index (χ4v) is 0. The zero-order chi connectivity index (χ0) is 3.58. The molecule has 0 saturated carbocycles. The number of nitrogens with one attached hydrogen (secondary N) is 1. The van der Waals surface area contributed by atoms with Crippen molar-refractivity contribution >= 4 is 17.8 Å². The third kappa shape index (κ3) is 8.37. The van der Waals surface area contributed by atoms with Gasteiger partial charge in [-0.2, -0.15) is 0 Å². The van der Waals surface area contributed by atoms with Crippen molar-refractivity contribution in [2.45, 2.75) is 0 Å². The van der Waals surface area contributed by atoms with E-state index in [1.54, 1.807) is 0 Å². The molecule has 0 spiro atoms. The molecule has 3 N–H and O–H groups in total. The van der Waals surface area contributed by atoms with Crippen molar-refractivity contribution in [2.24, 2.45) is 5.73 Å². The van der Waals surface area contributed by atoms with Crippen LogP contribution in [-0.4, -0.2) is 5.17 Å². The van der Waals surface area contributed by atoms with Gasteiger partial charge in [-0.1, -0.05) is 0 Å². The average molecular weight is 75.1 g/mol. The maximum atomic E-state index is 6.09. The van der Waals surface area contributed by atoms with E-state index < -0.39 is 0 Å². The lowest BCUT2D eigenvalue weighted by molar-refractivity contribution is 1.51. The Kier molecular flexibility index (Phi) is 0.979. The van der Waals surface area contributed by atoms with Crippen molar-refractivity contribution in [1.29, 1.82) is 5.41 Å². The van der Waals surface area contributed by atoms with Gasteiger partial charge in [-0.25, -0.2) is 0 Å². The predicted octanol–water partition coefficient (Wildman–Crippen LogP) is 0.0774. The summed E-state index contributed by atoms with van der Waals surface area (Å²) in [4.78, 5) is 0. The van der Waals surface area contributed by atoms with Crippen LogP contribution in [0, 0.1) is 5.41 Å².